The number of amides is 1. The molecule has 3 nitrogen and oxygen atoms in total. The van der Waals surface area contributed by atoms with E-state index in [9.17, 15) is 4.79 Å². The van der Waals surface area contributed by atoms with E-state index in [4.69, 9.17) is 16.7 Å². The van der Waals surface area contributed by atoms with Gasteiger partial charge in [-0.15, -0.1) is 11.8 Å². The van der Waals surface area contributed by atoms with Crippen molar-refractivity contribution in [1.29, 1.82) is 0 Å². The normalized spacial score (nSPS) is 10.4. The Morgan fingerprint density at radius 2 is 1.86 bits per heavy atom. The van der Waals surface area contributed by atoms with Gasteiger partial charge in [0, 0.05) is 17.1 Å². The van der Waals surface area contributed by atoms with Crippen LogP contribution in [0, 0.1) is 0 Å². The number of anilines is 1. The van der Waals surface area contributed by atoms with Crippen molar-refractivity contribution in [3.8, 4) is 0 Å². The Morgan fingerprint density at radius 1 is 1.14 bits per heavy atom. The molecule has 0 aliphatic rings. The summed E-state index contributed by atoms with van der Waals surface area (Å²) < 4.78 is 0. The Balaban J connectivity index is 1.77. The maximum Gasteiger partial charge on any atom is 0.225 e. The SMILES string of the molecule is O=C(CCSc1ccc(CO)cc1)Nc1ccccc1Cl. The van der Waals surface area contributed by atoms with Crippen molar-refractivity contribution in [2.45, 2.75) is 17.9 Å². The van der Waals surface area contributed by atoms with Crippen LogP contribution >= 0.6 is 23.4 Å². The lowest BCUT2D eigenvalue weighted by atomic mass is 10.2. The van der Waals surface area contributed by atoms with Gasteiger partial charge in [-0.3, -0.25) is 4.79 Å². The highest BCUT2D eigenvalue weighted by Gasteiger charge is 2.05. The summed E-state index contributed by atoms with van der Waals surface area (Å²) in [5, 5.41) is 12.3. The Morgan fingerprint density at radius 3 is 2.52 bits per heavy atom. The van der Waals surface area contributed by atoms with Gasteiger partial charge in [-0.2, -0.15) is 0 Å². The Hall–Kier alpha value is -1.49. The molecule has 2 aromatic rings. The molecule has 2 aromatic carbocycles. The van der Waals surface area contributed by atoms with Crippen LogP contribution in [0.5, 0.6) is 0 Å². The molecule has 2 rings (SSSR count). The van der Waals surface area contributed by atoms with E-state index in [0.29, 0.717) is 22.9 Å². The van der Waals surface area contributed by atoms with Gasteiger partial charge in [0.25, 0.3) is 0 Å². The summed E-state index contributed by atoms with van der Waals surface area (Å²) in [7, 11) is 0. The highest BCUT2D eigenvalue weighted by molar-refractivity contribution is 7.99. The Kier molecular flexibility index (Phi) is 6.11. The maximum absolute atomic E-state index is 11.8. The number of nitrogens with one attached hydrogen (secondary N) is 1. The third kappa shape index (κ3) is 5.08. The average Bonchev–Trinajstić information content (AvgIpc) is 2.50. The number of aliphatic hydroxyl groups is 1. The lowest BCUT2D eigenvalue weighted by molar-refractivity contribution is -0.115. The largest absolute Gasteiger partial charge is 0.392 e. The molecule has 0 saturated carbocycles. The minimum atomic E-state index is -0.0532. The molecule has 2 N–H and O–H groups in total. The van der Waals surface area contributed by atoms with E-state index in [1.807, 2.05) is 36.4 Å². The number of rotatable bonds is 6. The van der Waals surface area contributed by atoms with Crippen molar-refractivity contribution in [3.05, 3.63) is 59.1 Å². The van der Waals surface area contributed by atoms with E-state index in [-0.39, 0.29) is 12.5 Å². The molecule has 0 aliphatic heterocycles. The molecule has 110 valence electrons. The summed E-state index contributed by atoms with van der Waals surface area (Å²) in [6.07, 6.45) is 0.414. The van der Waals surface area contributed by atoms with Gasteiger partial charge in [0.2, 0.25) is 5.91 Å². The van der Waals surface area contributed by atoms with E-state index in [1.165, 1.54) is 0 Å². The van der Waals surface area contributed by atoms with Crippen LogP contribution < -0.4 is 5.32 Å². The van der Waals surface area contributed by atoms with E-state index in [1.54, 1.807) is 23.9 Å². The number of para-hydroxylation sites is 1. The summed E-state index contributed by atoms with van der Waals surface area (Å²) in [6, 6.07) is 14.8. The number of aliphatic hydroxyl groups excluding tert-OH is 1. The van der Waals surface area contributed by atoms with Crippen LogP contribution in [0.2, 0.25) is 5.02 Å². The topological polar surface area (TPSA) is 49.3 Å². The zero-order valence-corrected chi connectivity index (χ0v) is 13.0. The third-order valence-corrected chi connectivity index (χ3v) is 4.20. The van der Waals surface area contributed by atoms with Crippen LogP contribution in [-0.2, 0) is 11.4 Å². The fraction of sp³-hybridized carbons (Fsp3) is 0.188. The summed E-state index contributed by atoms with van der Waals surface area (Å²) in [5.74, 6) is 0.636. The summed E-state index contributed by atoms with van der Waals surface area (Å²) in [4.78, 5) is 12.9. The van der Waals surface area contributed by atoms with E-state index < -0.39 is 0 Å². The van der Waals surface area contributed by atoms with Crippen molar-refractivity contribution in [3.63, 3.8) is 0 Å². The van der Waals surface area contributed by atoms with Crippen LogP contribution in [0.25, 0.3) is 0 Å². The van der Waals surface area contributed by atoms with Gasteiger partial charge in [-0.05, 0) is 29.8 Å². The van der Waals surface area contributed by atoms with Crippen LogP contribution in [0.3, 0.4) is 0 Å². The zero-order valence-electron chi connectivity index (χ0n) is 11.4. The summed E-state index contributed by atoms with van der Waals surface area (Å²) in [5.41, 5.74) is 1.53. The summed E-state index contributed by atoms with van der Waals surface area (Å²) >= 11 is 7.59. The molecule has 0 atom stereocenters. The number of benzene rings is 2. The van der Waals surface area contributed by atoms with Crippen molar-refractivity contribution in [2.24, 2.45) is 0 Å². The monoisotopic (exact) mass is 321 g/mol. The second-order valence-electron chi connectivity index (χ2n) is 4.43. The minimum absolute atomic E-state index is 0.0468. The summed E-state index contributed by atoms with van der Waals surface area (Å²) in [6.45, 7) is 0.0468. The molecule has 0 aliphatic carbocycles. The Labute approximate surface area is 133 Å². The number of thioether (sulfide) groups is 1. The van der Waals surface area contributed by atoms with Gasteiger partial charge in [-0.25, -0.2) is 0 Å². The molecule has 0 heterocycles. The number of carbonyl (C=O) groups is 1. The first-order valence-corrected chi connectivity index (χ1v) is 7.92. The smallest absolute Gasteiger partial charge is 0.225 e. The molecule has 0 bridgehead atoms. The van der Waals surface area contributed by atoms with Crippen molar-refractivity contribution < 1.29 is 9.90 Å². The number of hydrogen-bond acceptors (Lipinski definition) is 3. The molecule has 1 amide bonds. The van der Waals surface area contributed by atoms with Crippen LogP contribution in [0.15, 0.2) is 53.4 Å². The second-order valence-corrected chi connectivity index (χ2v) is 6.00. The van der Waals surface area contributed by atoms with Gasteiger partial charge in [-0.1, -0.05) is 35.9 Å². The zero-order chi connectivity index (χ0) is 15.1. The van der Waals surface area contributed by atoms with Gasteiger partial charge < -0.3 is 10.4 Å². The fourth-order valence-electron chi connectivity index (χ4n) is 1.73. The highest BCUT2D eigenvalue weighted by Crippen LogP contribution is 2.22. The van der Waals surface area contributed by atoms with Crippen LogP contribution in [0.4, 0.5) is 5.69 Å². The molecule has 0 radical (unpaired) electrons. The Bertz CT molecular complexity index is 601. The second kappa shape index (κ2) is 8.08. The third-order valence-electron chi connectivity index (χ3n) is 2.85. The first kappa shape index (κ1) is 15.9. The maximum atomic E-state index is 11.8. The number of carbonyl (C=O) groups excluding carboxylic acids is 1. The lowest BCUT2D eigenvalue weighted by Crippen LogP contribution is -2.12. The predicted octanol–water partition coefficient (Wildman–Crippen LogP) is 3.95. The first-order valence-electron chi connectivity index (χ1n) is 6.56. The van der Waals surface area contributed by atoms with Crippen molar-refractivity contribution >= 4 is 35.0 Å². The van der Waals surface area contributed by atoms with E-state index in [2.05, 4.69) is 5.32 Å². The van der Waals surface area contributed by atoms with E-state index in [0.717, 1.165) is 10.5 Å². The van der Waals surface area contributed by atoms with E-state index >= 15 is 0 Å². The number of halogens is 1. The highest BCUT2D eigenvalue weighted by atomic mass is 35.5. The molecule has 0 spiro atoms. The molecular weight excluding hydrogens is 306 g/mol. The molecule has 0 saturated heterocycles. The quantitative estimate of drug-likeness (QED) is 0.792. The fourth-order valence-corrected chi connectivity index (χ4v) is 2.76. The lowest BCUT2D eigenvalue weighted by Gasteiger charge is -2.07. The molecule has 5 heteroatoms. The van der Waals surface area contributed by atoms with Gasteiger partial charge in [0.15, 0.2) is 0 Å². The minimum Gasteiger partial charge on any atom is -0.392 e. The number of hydrogen-bond donors (Lipinski definition) is 2. The van der Waals surface area contributed by atoms with Crippen LogP contribution in [0.1, 0.15) is 12.0 Å². The molecule has 0 aromatic heterocycles. The van der Waals surface area contributed by atoms with Gasteiger partial charge in [0.05, 0.1) is 17.3 Å². The molecule has 0 unspecified atom stereocenters. The molecule has 21 heavy (non-hydrogen) atoms. The van der Waals surface area contributed by atoms with Crippen molar-refractivity contribution in [2.75, 3.05) is 11.1 Å². The molecule has 0 fully saturated rings. The standard InChI is InChI=1S/C16H16ClNO2S/c17-14-3-1-2-4-15(14)18-16(20)9-10-21-13-7-5-12(11-19)6-8-13/h1-8,19H,9-11H2,(H,18,20). The average molecular weight is 322 g/mol. The van der Waals surface area contributed by atoms with Gasteiger partial charge >= 0.3 is 0 Å². The predicted molar refractivity (Wildman–Crippen MR) is 87.8 cm³/mol. The van der Waals surface area contributed by atoms with Crippen molar-refractivity contribution in [1.82, 2.24) is 0 Å². The van der Waals surface area contributed by atoms with Gasteiger partial charge in [0.1, 0.15) is 0 Å². The molecular formula is C16H16ClNO2S. The van der Waals surface area contributed by atoms with Crippen LogP contribution in [-0.4, -0.2) is 16.8 Å². The first-order chi connectivity index (χ1) is 10.2.